The van der Waals surface area contributed by atoms with Crippen LogP contribution in [0, 0.1) is 5.82 Å². The molecule has 0 aromatic heterocycles. The van der Waals surface area contributed by atoms with Crippen LogP contribution in [0.2, 0.25) is 5.02 Å². The molecule has 0 bridgehead atoms. The zero-order chi connectivity index (χ0) is 25.9. The van der Waals surface area contributed by atoms with E-state index in [0.717, 1.165) is 22.6 Å². The number of amidine groups is 1. The number of carbonyl (C=O) groups excluding carboxylic acids is 2. The van der Waals surface area contributed by atoms with Gasteiger partial charge in [0.25, 0.3) is 5.91 Å². The van der Waals surface area contributed by atoms with E-state index in [4.69, 9.17) is 21.4 Å². The van der Waals surface area contributed by atoms with Crippen molar-refractivity contribution in [1.29, 1.82) is 0 Å². The van der Waals surface area contributed by atoms with E-state index in [1.807, 2.05) is 48.5 Å². The van der Waals surface area contributed by atoms with Crippen LogP contribution in [0.4, 0.5) is 10.1 Å². The number of hydrogen-bond donors (Lipinski definition) is 1. The number of anilines is 1. The summed E-state index contributed by atoms with van der Waals surface area (Å²) in [6.45, 7) is 0. The lowest BCUT2D eigenvalue weighted by Gasteiger charge is -2.23. The summed E-state index contributed by atoms with van der Waals surface area (Å²) in [4.78, 5) is 29.6. The summed E-state index contributed by atoms with van der Waals surface area (Å²) < 4.78 is 18.4. The highest BCUT2D eigenvalue weighted by Crippen LogP contribution is 2.39. The molecule has 0 saturated carbocycles. The van der Waals surface area contributed by atoms with Gasteiger partial charge in [0, 0.05) is 23.6 Å². The molecule has 0 spiro atoms. The number of nitrogens with one attached hydrogen (secondary N) is 1. The van der Waals surface area contributed by atoms with Gasteiger partial charge >= 0.3 is 0 Å². The summed E-state index contributed by atoms with van der Waals surface area (Å²) in [6.07, 6.45) is 0.528. The Hall–Kier alpha value is -3.69. The molecule has 0 fully saturated rings. The van der Waals surface area contributed by atoms with Crippen LogP contribution in [-0.4, -0.2) is 40.1 Å². The molecule has 0 unspecified atom stereocenters. The van der Waals surface area contributed by atoms with Crippen molar-refractivity contribution in [3.63, 3.8) is 0 Å². The van der Waals surface area contributed by atoms with Gasteiger partial charge in [0.15, 0.2) is 5.17 Å². The van der Waals surface area contributed by atoms with Crippen LogP contribution < -0.4 is 10.1 Å². The minimum Gasteiger partial charge on any atom is -0.497 e. The topological polar surface area (TPSA) is 83.4 Å². The molecule has 2 aliphatic heterocycles. The molecular formula is C27H22ClFN4O3S. The number of thioether (sulfide) groups is 1. The zero-order valence-corrected chi connectivity index (χ0v) is 21.3. The van der Waals surface area contributed by atoms with Crippen LogP contribution in [-0.2, 0) is 9.59 Å². The molecule has 2 amide bonds. The van der Waals surface area contributed by atoms with Crippen molar-refractivity contribution in [1.82, 2.24) is 5.01 Å². The van der Waals surface area contributed by atoms with Crippen molar-refractivity contribution in [2.75, 3.05) is 12.4 Å². The third kappa shape index (κ3) is 5.68. The summed E-state index contributed by atoms with van der Waals surface area (Å²) in [5.41, 5.74) is 3.21. The lowest BCUT2D eigenvalue weighted by atomic mass is 9.98. The Morgan fingerprint density at radius 1 is 1.11 bits per heavy atom. The molecule has 2 heterocycles. The van der Waals surface area contributed by atoms with Gasteiger partial charge in [-0.15, -0.1) is 0 Å². The molecule has 7 nitrogen and oxygen atoms in total. The first-order chi connectivity index (χ1) is 17.9. The Morgan fingerprint density at radius 3 is 2.49 bits per heavy atom. The number of rotatable bonds is 6. The van der Waals surface area contributed by atoms with E-state index >= 15 is 0 Å². The maximum absolute atomic E-state index is 13.1. The lowest BCUT2D eigenvalue weighted by molar-refractivity contribution is -0.121. The second-order valence-corrected chi connectivity index (χ2v) is 10.1. The van der Waals surface area contributed by atoms with Crippen molar-refractivity contribution < 1.29 is 18.7 Å². The van der Waals surface area contributed by atoms with Gasteiger partial charge in [-0.3, -0.25) is 9.59 Å². The smallest absolute Gasteiger partial charge is 0.262 e. The first-order valence-electron chi connectivity index (χ1n) is 11.5. The van der Waals surface area contributed by atoms with Crippen LogP contribution in [0.5, 0.6) is 5.75 Å². The summed E-state index contributed by atoms with van der Waals surface area (Å²) in [5.74, 6) is -0.402. The van der Waals surface area contributed by atoms with Gasteiger partial charge in [0.05, 0.1) is 18.9 Å². The maximum Gasteiger partial charge on any atom is 0.262 e. The molecule has 2 atom stereocenters. The Bertz CT molecular complexity index is 1380. The number of ether oxygens (including phenoxy) is 1. The third-order valence-corrected chi connectivity index (χ3v) is 7.41. The SMILES string of the molecule is COc1ccc([C@@H]2CC(c3ccc(Cl)cc3)=NN2C2=NC(=O)[C@@H](CC(=O)Nc3ccc(F)cc3)S2)cc1. The van der Waals surface area contributed by atoms with Crippen LogP contribution >= 0.6 is 23.4 Å². The van der Waals surface area contributed by atoms with Gasteiger partial charge in [0.1, 0.15) is 16.8 Å². The molecule has 37 heavy (non-hydrogen) atoms. The molecule has 3 aromatic carbocycles. The predicted octanol–water partition coefficient (Wildman–Crippen LogP) is 5.67. The molecular weight excluding hydrogens is 515 g/mol. The number of hydrazone groups is 1. The number of benzene rings is 3. The van der Waals surface area contributed by atoms with Gasteiger partial charge in [0.2, 0.25) is 5.91 Å². The van der Waals surface area contributed by atoms with Gasteiger partial charge in [-0.1, -0.05) is 47.6 Å². The molecule has 1 N–H and O–H groups in total. The van der Waals surface area contributed by atoms with Crippen LogP contribution in [0.25, 0.3) is 0 Å². The fourth-order valence-electron chi connectivity index (χ4n) is 4.11. The summed E-state index contributed by atoms with van der Waals surface area (Å²) >= 11 is 7.28. The molecule has 3 aromatic rings. The van der Waals surface area contributed by atoms with Crippen LogP contribution in [0.15, 0.2) is 82.9 Å². The Labute approximate surface area is 222 Å². The quantitative estimate of drug-likeness (QED) is 0.439. The molecule has 0 saturated heterocycles. The molecule has 188 valence electrons. The number of methoxy groups -OCH3 is 1. The van der Waals surface area contributed by atoms with E-state index in [-0.39, 0.29) is 18.4 Å². The van der Waals surface area contributed by atoms with Crippen LogP contribution in [0.1, 0.15) is 30.0 Å². The van der Waals surface area contributed by atoms with Gasteiger partial charge in [-0.25, -0.2) is 9.40 Å². The fraction of sp³-hybridized carbons (Fsp3) is 0.185. The first-order valence-corrected chi connectivity index (χ1v) is 12.8. The van der Waals surface area contributed by atoms with E-state index in [0.29, 0.717) is 22.3 Å². The number of hydrogen-bond acceptors (Lipinski definition) is 6. The summed E-state index contributed by atoms with van der Waals surface area (Å²) in [6, 6.07) is 20.4. The van der Waals surface area contributed by atoms with Crippen molar-refractivity contribution in [2.45, 2.75) is 24.1 Å². The molecule has 2 aliphatic rings. The standard InChI is InChI=1S/C27H22ClFN4O3S/c1-36-21-12-4-17(5-13-21)23-14-22(16-2-6-18(28)7-3-16)32-33(23)27-31-26(35)24(37-27)15-25(34)30-20-10-8-19(29)9-11-20/h2-13,23-24H,14-15H2,1H3,(H,30,34)/t23-,24+/m0/s1. The van der Waals surface area contributed by atoms with Gasteiger partial charge in [-0.05, 0) is 59.7 Å². The highest BCUT2D eigenvalue weighted by molar-refractivity contribution is 8.15. The summed E-state index contributed by atoms with van der Waals surface area (Å²) in [7, 11) is 1.61. The zero-order valence-electron chi connectivity index (χ0n) is 19.7. The largest absolute Gasteiger partial charge is 0.497 e. The average Bonchev–Trinajstić information content (AvgIpc) is 3.50. The highest BCUT2D eigenvalue weighted by atomic mass is 35.5. The van der Waals surface area contributed by atoms with Crippen molar-refractivity contribution in [3.8, 4) is 5.75 Å². The number of halogens is 2. The molecule has 0 radical (unpaired) electrons. The molecule has 0 aliphatic carbocycles. The Morgan fingerprint density at radius 2 is 1.81 bits per heavy atom. The first kappa shape index (κ1) is 25.0. The monoisotopic (exact) mass is 536 g/mol. The second kappa shape index (κ2) is 10.7. The minimum absolute atomic E-state index is 0.0668. The number of nitrogens with zero attached hydrogens (tertiary/aromatic N) is 3. The number of amides is 2. The Kier molecular flexibility index (Phi) is 7.25. The summed E-state index contributed by atoms with van der Waals surface area (Å²) in [5, 5.41) is 9.67. The second-order valence-electron chi connectivity index (χ2n) is 8.49. The maximum atomic E-state index is 13.1. The van der Waals surface area contributed by atoms with Crippen molar-refractivity contribution in [2.24, 2.45) is 10.1 Å². The van der Waals surface area contributed by atoms with Crippen molar-refractivity contribution >= 4 is 51.7 Å². The van der Waals surface area contributed by atoms with E-state index in [1.165, 1.54) is 36.0 Å². The fourth-order valence-corrected chi connectivity index (χ4v) is 5.29. The van der Waals surface area contributed by atoms with Crippen LogP contribution in [0.3, 0.4) is 0 Å². The average molecular weight is 537 g/mol. The van der Waals surface area contributed by atoms with E-state index < -0.39 is 17.0 Å². The molecule has 5 rings (SSSR count). The lowest BCUT2D eigenvalue weighted by Crippen LogP contribution is -2.25. The van der Waals surface area contributed by atoms with E-state index in [2.05, 4.69) is 10.3 Å². The van der Waals surface area contributed by atoms with Gasteiger partial charge < -0.3 is 10.1 Å². The van der Waals surface area contributed by atoms with Gasteiger partial charge in [-0.2, -0.15) is 10.1 Å². The normalized spacial score (nSPS) is 19.0. The number of aliphatic imine (C=N–C) groups is 1. The molecule has 10 heteroatoms. The minimum atomic E-state index is -0.679. The van der Waals surface area contributed by atoms with E-state index in [9.17, 15) is 14.0 Å². The third-order valence-electron chi connectivity index (χ3n) is 6.01. The number of carbonyl (C=O) groups is 2. The predicted molar refractivity (Wildman–Crippen MR) is 144 cm³/mol. The highest BCUT2D eigenvalue weighted by Gasteiger charge is 2.39. The Balaban J connectivity index is 1.35. The van der Waals surface area contributed by atoms with E-state index in [1.54, 1.807) is 12.1 Å². The van der Waals surface area contributed by atoms with Crippen molar-refractivity contribution in [3.05, 3.63) is 94.8 Å².